The minimum absolute atomic E-state index is 0.322. The highest BCUT2D eigenvalue weighted by Gasteiger charge is 2.45. The fourth-order valence-electron chi connectivity index (χ4n) is 3.23. The molecule has 3 nitrogen and oxygen atoms in total. The second kappa shape index (κ2) is 4.88. The molecule has 2 fully saturated rings. The number of rotatable bonds is 3. The molecule has 2 heterocycles. The van der Waals surface area contributed by atoms with Crippen LogP contribution in [-0.2, 0) is 6.54 Å². The molecule has 1 aromatic rings. The van der Waals surface area contributed by atoms with Crippen LogP contribution in [0.3, 0.4) is 0 Å². The van der Waals surface area contributed by atoms with Crippen LogP contribution in [0.15, 0.2) is 18.5 Å². The molecule has 0 aromatic carbocycles. The number of pyridine rings is 1. The van der Waals surface area contributed by atoms with E-state index in [2.05, 4.69) is 42.0 Å². The zero-order valence-electron chi connectivity index (χ0n) is 12.3. The second-order valence-corrected chi connectivity index (χ2v) is 6.63. The molecule has 1 saturated heterocycles. The molecule has 3 rings (SSSR count). The number of piperazine rings is 1. The van der Waals surface area contributed by atoms with Crippen molar-refractivity contribution in [2.75, 3.05) is 13.1 Å². The van der Waals surface area contributed by atoms with Crippen LogP contribution in [0.1, 0.15) is 37.8 Å². The topological polar surface area (TPSA) is 28.2 Å². The Morgan fingerprint density at radius 2 is 2.26 bits per heavy atom. The van der Waals surface area contributed by atoms with Crippen LogP contribution in [0.5, 0.6) is 0 Å². The van der Waals surface area contributed by atoms with Crippen LogP contribution >= 0.6 is 0 Å². The van der Waals surface area contributed by atoms with E-state index >= 15 is 0 Å². The first kappa shape index (κ1) is 13.1. The third kappa shape index (κ3) is 2.67. The fourth-order valence-corrected chi connectivity index (χ4v) is 3.23. The number of hydrogen-bond acceptors (Lipinski definition) is 3. The van der Waals surface area contributed by atoms with Gasteiger partial charge in [0.1, 0.15) is 0 Å². The smallest absolute Gasteiger partial charge is 0.0315 e. The minimum atomic E-state index is 0.322. The van der Waals surface area contributed by atoms with E-state index in [-0.39, 0.29) is 0 Å². The van der Waals surface area contributed by atoms with Gasteiger partial charge in [-0.15, -0.1) is 0 Å². The standard InChI is InChI=1S/C16H25N3/c1-12-6-7-17-9-14(12)10-19-11-16(3,15-4-5-15)18-8-13(19)2/h6-7,9,13,15,18H,4-5,8,10-11H2,1-3H3. The maximum atomic E-state index is 4.28. The lowest BCUT2D eigenvalue weighted by molar-refractivity contribution is 0.0768. The predicted molar refractivity (Wildman–Crippen MR) is 78.0 cm³/mol. The minimum Gasteiger partial charge on any atom is -0.308 e. The molecule has 3 heteroatoms. The summed E-state index contributed by atoms with van der Waals surface area (Å²) in [6.45, 7) is 10.2. The molecule has 1 aliphatic carbocycles. The van der Waals surface area contributed by atoms with E-state index in [4.69, 9.17) is 0 Å². The summed E-state index contributed by atoms with van der Waals surface area (Å²) in [4.78, 5) is 6.90. The van der Waals surface area contributed by atoms with Crippen molar-refractivity contribution in [1.29, 1.82) is 0 Å². The lowest BCUT2D eigenvalue weighted by atomic mass is 9.91. The van der Waals surface area contributed by atoms with E-state index in [1.807, 2.05) is 12.4 Å². The first-order valence-corrected chi connectivity index (χ1v) is 7.47. The van der Waals surface area contributed by atoms with Gasteiger partial charge in [0.15, 0.2) is 0 Å². The number of hydrogen-bond donors (Lipinski definition) is 1. The Bertz CT molecular complexity index is 455. The van der Waals surface area contributed by atoms with Gasteiger partial charge < -0.3 is 5.32 Å². The van der Waals surface area contributed by atoms with Gasteiger partial charge in [0.2, 0.25) is 0 Å². The van der Waals surface area contributed by atoms with Crippen molar-refractivity contribution in [3.63, 3.8) is 0 Å². The van der Waals surface area contributed by atoms with Gasteiger partial charge in [-0.1, -0.05) is 0 Å². The molecule has 2 atom stereocenters. The highest BCUT2D eigenvalue weighted by Crippen LogP contribution is 2.41. The number of nitrogens with zero attached hydrogens (tertiary/aromatic N) is 2. The third-order valence-electron chi connectivity index (χ3n) is 4.96. The van der Waals surface area contributed by atoms with E-state index in [9.17, 15) is 0 Å². The van der Waals surface area contributed by atoms with Gasteiger partial charge in [-0.3, -0.25) is 9.88 Å². The van der Waals surface area contributed by atoms with Gasteiger partial charge in [-0.25, -0.2) is 0 Å². The summed E-state index contributed by atoms with van der Waals surface area (Å²) in [5.41, 5.74) is 3.05. The molecule has 0 spiro atoms. The van der Waals surface area contributed by atoms with Gasteiger partial charge in [0.25, 0.3) is 0 Å². The van der Waals surface area contributed by atoms with Crippen molar-refractivity contribution in [1.82, 2.24) is 15.2 Å². The first-order chi connectivity index (χ1) is 9.08. The Balaban J connectivity index is 1.73. The maximum absolute atomic E-state index is 4.28. The number of aromatic nitrogens is 1. The summed E-state index contributed by atoms with van der Waals surface area (Å²) < 4.78 is 0. The van der Waals surface area contributed by atoms with Crippen LogP contribution in [-0.4, -0.2) is 34.6 Å². The molecule has 1 aliphatic heterocycles. The van der Waals surface area contributed by atoms with E-state index in [0.29, 0.717) is 11.6 Å². The van der Waals surface area contributed by atoms with Crippen LogP contribution in [0.25, 0.3) is 0 Å². The molecule has 0 radical (unpaired) electrons. The molecular formula is C16H25N3. The van der Waals surface area contributed by atoms with Gasteiger partial charge in [0, 0.05) is 43.6 Å². The Morgan fingerprint density at radius 3 is 2.95 bits per heavy atom. The maximum Gasteiger partial charge on any atom is 0.0315 e. The summed E-state index contributed by atoms with van der Waals surface area (Å²) in [7, 11) is 0. The Kier molecular flexibility index (Phi) is 3.35. The summed E-state index contributed by atoms with van der Waals surface area (Å²) in [5, 5.41) is 3.78. The summed E-state index contributed by atoms with van der Waals surface area (Å²) in [5.74, 6) is 0.887. The zero-order chi connectivity index (χ0) is 13.5. The molecule has 2 unspecified atom stereocenters. The second-order valence-electron chi connectivity index (χ2n) is 6.63. The fraction of sp³-hybridized carbons (Fsp3) is 0.688. The van der Waals surface area contributed by atoms with Crippen LogP contribution < -0.4 is 5.32 Å². The predicted octanol–water partition coefficient (Wildman–Crippen LogP) is 2.35. The van der Waals surface area contributed by atoms with Crippen molar-refractivity contribution < 1.29 is 0 Å². The normalized spacial score (nSPS) is 32.5. The summed E-state index contributed by atoms with van der Waals surface area (Å²) in [6, 6.07) is 2.72. The summed E-state index contributed by atoms with van der Waals surface area (Å²) >= 11 is 0. The highest BCUT2D eigenvalue weighted by molar-refractivity contribution is 5.21. The molecule has 1 saturated carbocycles. The Hall–Kier alpha value is -0.930. The SMILES string of the molecule is Cc1ccncc1CN1CC(C)(C2CC2)NCC1C. The van der Waals surface area contributed by atoms with Crippen molar-refractivity contribution >= 4 is 0 Å². The Labute approximate surface area is 116 Å². The van der Waals surface area contributed by atoms with Crippen LogP contribution in [0.4, 0.5) is 0 Å². The van der Waals surface area contributed by atoms with E-state index in [1.165, 1.54) is 24.0 Å². The van der Waals surface area contributed by atoms with Crippen LogP contribution in [0.2, 0.25) is 0 Å². The Morgan fingerprint density at radius 1 is 1.47 bits per heavy atom. The third-order valence-corrected chi connectivity index (χ3v) is 4.96. The molecule has 19 heavy (non-hydrogen) atoms. The molecule has 104 valence electrons. The lowest BCUT2D eigenvalue weighted by Crippen LogP contribution is -2.62. The van der Waals surface area contributed by atoms with E-state index in [1.54, 1.807) is 0 Å². The van der Waals surface area contributed by atoms with Crippen molar-refractivity contribution in [3.05, 3.63) is 29.6 Å². The molecule has 0 amide bonds. The average Bonchev–Trinajstić information content (AvgIpc) is 3.21. The van der Waals surface area contributed by atoms with Gasteiger partial charge in [-0.2, -0.15) is 0 Å². The van der Waals surface area contributed by atoms with Crippen molar-refractivity contribution in [3.8, 4) is 0 Å². The van der Waals surface area contributed by atoms with Crippen molar-refractivity contribution in [2.24, 2.45) is 5.92 Å². The quantitative estimate of drug-likeness (QED) is 0.903. The van der Waals surface area contributed by atoms with Gasteiger partial charge in [0.05, 0.1) is 0 Å². The molecule has 1 N–H and O–H groups in total. The van der Waals surface area contributed by atoms with Crippen LogP contribution in [0, 0.1) is 12.8 Å². The highest BCUT2D eigenvalue weighted by atomic mass is 15.3. The largest absolute Gasteiger partial charge is 0.308 e. The first-order valence-electron chi connectivity index (χ1n) is 7.47. The average molecular weight is 259 g/mol. The number of aryl methyl sites for hydroxylation is 1. The lowest BCUT2D eigenvalue weighted by Gasteiger charge is -2.45. The molecule has 2 aliphatic rings. The number of nitrogens with one attached hydrogen (secondary N) is 1. The molecule has 0 bridgehead atoms. The van der Waals surface area contributed by atoms with E-state index in [0.717, 1.165) is 25.6 Å². The molecular weight excluding hydrogens is 234 g/mol. The summed E-state index contributed by atoms with van der Waals surface area (Å²) in [6.07, 6.45) is 6.71. The van der Waals surface area contributed by atoms with E-state index < -0.39 is 0 Å². The van der Waals surface area contributed by atoms with Crippen molar-refractivity contribution in [2.45, 2.75) is 51.7 Å². The van der Waals surface area contributed by atoms with Gasteiger partial charge >= 0.3 is 0 Å². The zero-order valence-corrected chi connectivity index (χ0v) is 12.3. The monoisotopic (exact) mass is 259 g/mol. The molecule has 1 aromatic heterocycles. The van der Waals surface area contributed by atoms with Gasteiger partial charge in [-0.05, 0) is 56.7 Å².